The molecular formula is C13H13ClF2O3. The Morgan fingerprint density at radius 1 is 1.47 bits per heavy atom. The van der Waals surface area contributed by atoms with Gasteiger partial charge in [-0.1, -0.05) is 29.8 Å². The van der Waals surface area contributed by atoms with Crippen molar-refractivity contribution in [3.8, 4) is 0 Å². The Balaban J connectivity index is 1.99. The van der Waals surface area contributed by atoms with Gasteiger partial charge >= 0.3 is 5.97 Å². The molecule has 1 saturated carbocycles. The van der Waals surface area contributed by atoms with Crippen LogP contribution in [-0.4, -0.2) is 23.1 Å². The maximum atomic E-state index is 13.0. The molecule has 0 spiro atoms. The maximum absolute atomic E-state index is 13.0. The summed E-state index contributed by atoms with van der Waals surface area (Å²) in [6.45, 7) is 0. The molecule has 6 heteroatoms. The molecule has 1 aromatic rings. The van der Waals surface area contributed by atoms with Crippen LogP contribution in [0.5, 0.6) is 0 Å². The third-order valence-corrected chi connectivity index (χ3v) is 3.41. The lowest BCUT2D eigenvalue weighted by Crippen LogP contribution is -2.23. The van der Waals surface area contributed by atoms with Crippen LogP contribution in [0.25, 0.3) is 0 Å². The van der Waals surface area contributed by atoms with Gasteiger partial charge in [0.2, 0.25) is 0 Å². The van der Waals surface area contributed by atoms with E-state index in [0.717, 1.165) is 0 Å². The number of hydrogen-bond donors (Lipinski definition) is 1. The quantitative estimate of drug-likeness (QED) is 0.870. The second-order valence-corrected chi connectivity index (χ2v) is 4.99. The van der Waals surface area contributed by atoms with Gasteiger partial charge in [-0.15, -0.1) is 0 Å². The molecule has 2 atom stereocenters. The van der Waals surface area contributed by atoms with E-state index in [4.69, 9.17) is 16.3 Å². The fourth-order valence-electron chi connectivity index (χ4n) is 2.06. The van der Waals surface area contributed by atoms with E-state index >= 15 is 0 Å². The van der Waals surface area contributed by atoms with Gasteiger partial charge in [-0.2, -0.15) is 0 Å². The number of aliphatic hydroxyl groups excluding tert-OH is 1. The second kappa shape index (κ2) is 5.43. The second-order valence-electron chi connectivity index (χ2n) is 4.58. The van der Waals surface area contributed by atoms with Crippen molar-refractivity contribution in [3.63, 3.8) is 0 Å². The Morgan fingerprint density at radius 3 is 2.74 bits per heavy atom. The van der Waals surface area contributed by atoms with Crippen LogP contribution in [0.1, 0.15) is 30.9 Å². The predicted octanol–water partition coefficient (Wildman–Crippen LogP) is 3.10. The molecule has 19 heavy (non-hydrogen) atoms. The Labute approximate surface area is 114 Å². The highest BCUT2D eigenvalue weighted by Gasteiger charge is 2.42. The molecule has 0 heterocycles. The summed E-state index contributed by atoms with van der Waals surface area (Å²) in [6, 6.07) is 6.28. The minimum atomic E-state index is -2.79. The summed E-state index contributed by atoms with van der Waals surface area (Å²) in [5.41, 5.74) is 0.207. The van der Waals surface area contributed by atoms with Gasteiger partial charge in [0.1, 0.15) is 6.10 Å². The van der Waals surface area contributed by atoms with E-state index in [1.165, 1.54) is 12.1 Å². The van der Waals surface area contributed by atoms with Gasteiger partial charge in [0.15, 0.2) is 6.10 Å². The predicted molar refractivity (Wildman–Crippen MR) is 65.1 cm³/mol. The molecule has 0 radical (unpaired) electrons. The number of carbonyl (C=O) groups excluding carboxylic acids is 1. The average Bonchev–Trinajstić information content (AvgIpc) is 2.68. The molecule has 0 aromatic heterocycles. The molecule has 1 N–H and O–H groups in total. The number of benzene rings is 1. The van der Waals surface area contributed by atoms with Crippen molar-refractivity contribution in [2.45, 2.75) is 37.4 Å². The number of hydrogen-bond acceptors (Lipinski definition) is 3. The number of alkyl halides is 2. The lowest BCUT2D eigenvalue weighted by molar-refractivity contribution is -0.160. The van der Waals surface area contributed by atoms with E-state index in [-0.39, 0.29) is 23.4 Å². The molecule has 0 aliphatic heterocycles. The van der Waals surface area contributed by atoms with E-state index in [9.17, 15) is 18.7 Å². The zero-order chi connectivity index (χ0) is 14.0. The summed E-state index contributed by atoms with van der Waals surface area (Å²) < 4.78 is 30.8. The van der Waals surface area contributed by atoms with Crippen LogP contribution >= 0.6 is 11.6 Å². The van der Waals surface area contributed by atoms with Gasteiger partial charge in [0, 0.05) is 23.4 Å². The molecule has 1 aromatic carbocycles. The number of ether oxygens (including phenoxy) is 1. The SMILES string of the molecule is O=C(OC1CCC(F)(F)C1)C(O)c1ccccc1Cl. The number of esters is 1. The molecule has 3 nitrogen and oxygen atoms in total. The topological polar surface area (TPSA) is 46.5 Å². The third-order valence-electron chi connectivity index (χ3n) is 3.06. The van der Waals surface area contributed by atoms with Crippen molar-refractivity contribution < 1.29 is 23.4 Å². The van der Waals surface area contributed by atoms with E-state index in [1.54, 1.807) is 12.1 Å². The molecule has 2 unspecified atom stereocenters. The lowest BCUT2D eigenvalue weighted by atomic mass is 10.1. The molecule has 0 saturated heterocycles. The van der Waals surface area contributed by atoms with Crippen LogP contribution in [0.15, 0.2) is 24.3 Å². The highest BCUT2D eigenvalue weighted by Crippen LogP contribution is 2.37. The summed E-state index contributed by atoms with van der Waals surface area (Å²) in [7, 11) is 0. The van der Waals surface area contributed by atoms with Crippen molar-refractivity contribution >= 4 is 17.6 Å². The van der Waals surface area contributed by atoms with Crippen molar-refractivity contribution in [3.05, 3.63) is 34.9 Å². The van der Waals surface area contributed by atoms with Gasteiger partial charge in [0.05, 0.1) is 0 Å². The third kappa shape index (κ3) is 3.42. The van der Waals surface area contributed by atoms with Gasteiger partial charge in [0.25, 0.3) is 5.92 Å². The van der Waals surface area contributed by atoms with Crippen molar-refractivity contribution in [1.82, 2.24) is 0 Å². The van der Waals surface area contributed by atoms with E-state index in [0.29, 0.717) is 0 Å². The standard InChI is InChI=1S/C13H13ClF2O3/c14-10-4-2-1-3-9(10)11(17)12(18)19-8-5-6-13(15,16)7-8/h1-4,8,11,17H,5-7H2. The molecule has 1 aliphatic carbocycles. The highest BCUT2D eigenvalue weighted by molar-refractivity contribution is 6.31. The van der Waals surface area contributed by atoms with Crippen LogP contribution in [0, 0.1) is 0 Å². The highest BCUT2D eigenvalue weighted by atomic mass is 35.5. The first kappa shape index (κ1) is 14.2. The fourth-order valence-corrected chi connectivity index (χ4v) is 2.30. The van der Waals surface area contributed by atoms with Crippen LogP contribution in [0.3, 0.4) is 0 Å². The first-order valence-corrected chi connectivity index (χ1v) is 6.28. The Kier molecular flexibility index (Phi) is 4.06. The normalized spacial score (nSPS) is 23.1. The fraction of sp³-hybridized carbons (Fsp3) is 0.462. The molecule has 0 amide bonds. The number of halogens is 3. The zero-order valence-corrected chi connectivity index (χ0v) is 10.7. The molecular weight excluding hydrogens is 278 g/mol. The lowest BCUT2D eigenvalue weighted by Gasteiger charge is -2.16. The van der Waals surface area contributed by atoms with Crippen molar-refractivity contribution in [2.75, 3.05) is 0 Å². The summed E-state index contributed by atoms with van der Waals surface area (Å²) in [6.07, 6.45) is -3.09. The Bertz CT molecular complexity index is 479. The summed E-state index contributed by atoms with van der Waals surface area (Å²) in [4.78, 5) is 11.7. The Morgan fingerprint density at radius 2 is 2.16 bits per heavy atom. The van der Waals surface area contributed by atoms with E-state index in [2.05, 4.69) is 0 Å². The van der Waals surface area contributed by atoms with E-state index < -0.39 is 30.5 Å². The smallest absolute Gasteiger partial charge is 0.339 e. The van der Waals surface area contributed by atoms with Gasteiger partial charge in [-0.3, -0.25) is 0 Å². The molecule has 1 aliphatic rings. The van der Waals surface area contributed by atoms with Crippen LogP contribution in [-0.2, 0) is 9.53 Å². The minimum absolute atomic E-state index is 0.105. The van der Waals surface area contributed by atoms with Crippen LogP contribution in [0.4, 0.5) is 8.78 Å². The zero-order valence-electron chi connectivity index (χ0n) is 9.98. The summed E-state index contributed by atoms with van der Waals surface area (Å²) in [5, 5.41) is 10.0. The van der Waals surface area contributed by atoms with Gasteiger partial charge in [-0.05, 0) is 12.5 Å². The Hall–Kier alpha value is -1.20. The minimum Gasteiger partial charge on any atom is -0.460 e. The van der Waals surface area contributed by atoms with Gasteiger partial charge < -0.3 is 9.84 Å². The molecule has 0 bridgehead atoms. The van der Waals surface area contributed by atoms with Gasteiger partial charge in [-0.25, -0.2) is 13.6 Å². The number of aliphatic hydroxyl groups is 1. The van der Waals surface area contributed by atoms with E-state index in [1.807, 2.05) is 0 Å². The molecule has 1 fully saturated rings. The van der Waals surface area contributed by atoms with Crippen molar-refractivity contribution in [2.24, 2.45) is 0 Å². The molecule has 104 valence electrons. The largest absolute Gasteiger partial charge is 0.460 e. The molecule has 2 rings (SSSR count). The number of carbonyl (C=O) groups is 1. The summed E-state index contributed by atoms with van der Waals surface area (Å²) >= 11 is 5.84. The first-order valence-electron chi connectivity index (χ1n) is 5.90. The average molecular weight is 291 g/mol. The van der Waals surface area contributed by atoms with Crippen molar-refractivity contribution in [1.29, 1.82) is 0 Å². The maximum Gasteiger partial charge on any atom is 0.339 e. The van der Waals surface area contributed by atoms with Crippen LogP contribution < -0.4 is 0 Å². The monoisotopic (exact) mass is 290 g/mol. The van der Waals surface area contributed by atoms with Crippen LogP contribution in [0.2, 0.25) is 5.02 Å². The summed E-state index contributed by atoms with van der Waals surface area (Å²) in [5.74, 6) is -3.74. The number of rotatable bonds is 3. The first-order chi connectivity index (χ1) is 8.89.